The molecule has 1 N–H and O–H groups in total. The van der Waals surface area contributed by atoms with Gasteiger partial charge in [-0.1, -0.05) is 15.9 Å². The maximum absolute atomic E-state index is 13.6. The smallest absolute Gasteiger partial charge is 0.260 e. The minimum Gasteiger partial charge on any atom is -0.298 e. The van der Waals surface area contributed by atoms with E-state index in [0.29, 0.717) is 4.47 Å². The van der Waals surface area contributed by atoms with E-state index in [0.717, 1.165) is 11.3 Å². The van der Waals surface area contributed by atoms with Gasteiger partial charge in [0.1, 0.15) is 11.5 Å². The van der Waals surface area contributed by atoms with Crippen molar-refractivity contribution in [2.75, 3.05) is 5.32 Å². The zero-order valence-corrected chi connectivity index (χ0v) is 12.1. The van der Waals surface area contributed by atoms with Crippen molar-refractivity contribution < 1.29 is 14.0 Å². The summed E-state index contributed by atoms with van der Waals surface area (Å²) in [4.78, 5) is 26.8. The van der Waals surface area contributed by atoms with Crippen LogP contribution in [0.3, 0.4) is 0 Å². The molecular formula is C12H8BrFN2O2S. The van der Waals surface area contributed by atoms with Crippen LogP contribution in [0.2, 0.25) is 0 Å². The Morgan fingerprint density at radius 3 is 2.74 bits per heavy atom. The first-order valence-corrected chi connectivity index (χ1v) is 6.87. The van der Waals surface area contributed by atoms with Crippen molar-refractivity contribution in [2.45, 2.75) is 6.92 Å². The van der Waals surface area contributed by atoms with Gasteiger partial charge in [0.15, 0.2) is 10.9 Å². The van der Waals surface area contributed by atoms with E-state index in [1.807, 2.05) is 0 Å². The van der Waals surface area contributed by atoms with Crippen molar-refractivity contribution in [3.8, 4) is 0 Å². The van der Waals surface area contributed by atoms with E-state index in [4.69, 9.17) is 0 Å². The molecule has 7 heteroatoms. The molecule has 98 valence electrons. The van der Waals surface area contributed by atoms with Gasteiger partial charge in [0.25, 0.3) is 5.91 Å². The molecule has 1 aromatic heterocycles. The molecule has 0 fully saturated rings. The Balaban J connectivity index is 2.18. The number of thiazole rings is 1. The zero-order valence-electron chi connectivity index (χ0n) is 9.74. The number of aromatic nitrogens is 1. The van der Waals surface area contributed by atoms with E-state index < -0.39 is 11.7 Å². The van der Waals surface area contributed by atoms with Crippen molar-refractivity contribution in [3.63, 3.8) is 0 Å². The second kappa shape index (κ2) is 5.58. The molecule has 0 saturated carbocycles. The Kier molecular flexibility index (Phi) is 4.06. The molecule has 2 rings (SSSR count). The van der Waals surface area contributed by atoms with Gasteiger partial charge in [0.2, 0.25) is 0 Å². The lowest BCUT2D eigenvalue weighted by molar-refractivity contribution is 0.100. The van der Waals surface area contributed by atoms with Crippen LogP contribution in [-0.2, 0) is 0 Å². The number of carbonyl (C=O) groups is 2. The van der Waals surface area contributed by atoms with Gasteiger partial charge in [0.05, 0.1) is 5.56 Å². The number of nitrogens with zero attached hydrogens (tertiary/aromatic N) is 1. The van der Waals surface area contributed by atoms with Gasteiger partial charge in [-0.2, -0.15) is 0 Å². The lowest BCUT2D eigenvalue weighted by Crippen LogP contribution is -2.13. The average molecular weight is 343 g/mol. The monoisotopic (exact) mass is 342 g/mol. The summed E-state index contributed by atoms with van der Waals surface area (Å²) in [6, 6.07) is 4.15. The second-order valence-electron chi connectivity index (χ2n) is 3.67. The number of hydrogen-bond acceptors (Lipinski definition) is 4. The van der Waals surface area contributed by atoms with Crippen molar-refractivity contribution in [3.05, 3.63) is 45.1 Å². The molecule has 4 nitrogen and oxygen atoms in total. The highest BCUT2D eigenvalue weighted by Crippen LogP contribution is 2.19. The van der Waals surface area contributed by atoms with Gasteiger partial charge in [-0.25, -0.2) is 9.37 Å². The fraction of sp³-hybridized carbons (Fsp3) is 0.0833. The third kappa shape index (κ3) is 3.24. The van der Waals surface area contributed by atoms with Crippen LogP contribution in [0.15, 0.2) is 28.1 Å². The summed E-state index contributed by atoms with van der Waals surface area (Å²) in [7, 11) is 0. The minimum atomic E-state index is -0.629. The predicted octanol–water partition coefficient (Wildman–Crippen LogP) is 3.50. The number of amides is 1. The molecule has 0 saturated heterocycles. The summed E-state index contributed by atoms with van der Waals surface area (Å²) in [5.41, 5.74) is 0.194. The molecule has 2 aromatic rings. The minimum absolute atomic E-state index is 0.0808. The highest BCUT2D eigenvalue weighted by Gasteiger charge is 2.14. The van der Waals surface area contributed by atoms with Crippen molar-refractivity contribution in [1.29, 1.82) is 0 Å². The van der Waals surface area contributed by atoms with Crippen molar-refractivity contribution in [2.24, 2.45) is 0 Å². The van der Waals surface area contributed by atoms with E-state index in [-0.39, 0.29) is 22.2 Å². The van der Waals surface area contributed by atoms with E-state index >= 15 is 0 Å². The van der Waals surface area contributed by atoms with Crippen LogP contribution in [0.4, 0.5) is 9.52 Å². The van der Waals surface area contributed by atoms with Crippen LogP contribution in [0.1, 0.15) is 27.8 Å². The normalized spacial score (nSPS) is 10.3. The van der Waals surface area contributed by atoms with Crippen LogP contribution in [-0.4, -0.2) is 16.7 Å². The first-order chi connectivity index (χ1) is 8.97. The van der Waals surface area contributed by atoms with E-state index in [2.05, 4.69) is 26.2 Å². The van der Waals surface area contributed by atoms with Crippen molar-refractivity contribution in [1.82, 2.24) is 4.98 Å². The Morgan fingerprint density at radius 2 is 2.16 bits per heavy atom. The third-order valence-electron chi connectivity index (χ3n) is 2.26. The van der Waals surface area contributed by atoms with Gasteiger partial charge < -0.3 is 0 Å². The maximum atomic E-state index is 13.6. The quantitative estimate of drug-likeness (QED) is 0.868. The van der Waals surface area contributed by atoms with E-state index in [9.17, 15) is 14.0 Å². The lowest BCUT2D eigenvalue weighted by atomic mass is 10.2. The van der Waals surface area contributed by atoms with Gasteiger partial charge in [0, 0.05) is 16.8 Å². The van der Waals surface area contributed by atoms with Crippen LogP contribution in [0.25, 0.3) is 0 Å². The van der Waals surface area contributed by atoms with Gasteiger partial charge in [-0.3, -0.25) is 14.9 Å². The van der Waals surface area contributed by atoms with E-state index in [1.165, 1.54) is 24.4 Å². The standard InChI is InChI=1S/C12H8BrFN2O2S/c1-6(17)10-5-19-12(15-10)16-11(18)8-3-2-7(13)4-9(8)14/h2-5H,1H3,(H,15,16,18). The van der Waals surface area contributed by atoms with Crippen LogP contribution in [0, 0.1) is 5.82 Å². The molecule has 0 aliphatic rings. The molecule has 0 radical (unpaired) electrons. The largest absolute Gasteiger partial charge is 0.298 e. The predicted molar refractivity (Wildman–Crippen MR) is 74.2 cm³/mol. The highest BCUT2D eigenvalue weighted by molar-refractivity contribution is 9.10. The number of Topliss-reactive ketones (excluding diaryl/α,β-unsaturated/α-hetero) is 1. The highest BCUT2D eigenvalue weighted by atomic mass is 79.9. The number of nitrogens with one attached hydrogen (secondary N) is 1. The summed E-state index contributed by atoms with van der Waals surface area (Å²) >= 11 is 4.23. The first kappa shape index (κ1) is 13.8. The molecule has 19 heavy (non-hydrogen) atoms. The molecule has 1 amide bonds. The zero-order chi connectivity index (χ0) is 14.0. The topological polar surface area (TPSA) is 59.1 Å². The SMILES string of the molecule is CC(=O)c1csc(NC(=O)c2ccc(Br)cc2F)n1. The maximum Gasteiger partial charge on any atom is 0.260 e. The number of anilines is 1. The lowest BCUT2D eigenvalue weighted by Gasteiger charge is -2.03. The fourth-order valence-corrected chi connectivity index (χ4v) is 2.41. The summed E-state index contributed by atoms with van der Waals surface area (Å²) < 4.78 is 14.1. The Labute approximate surface area is 120 Å². The van der Waals surface area contributed by atoms with Crippen LogP contribution >= 0.6 is 27.3 Å². The number of carbonyl (C=O) groups excluding carboxylic acids is 2. The van der Waals surface area contributed by atoms with Crippen LogP contribution < -0.4 is 5.32 Å². The van der Waals surface area contributed by atoms with Gasteiger partial charge >= 0.3 is 0 Å². The fourth-order valence-electron chi connectivity index (χ4n) is 1.33. The first-order valence-electron chi connectivity index (χ1n) is 5.20. The Hall–Kier alpha value is -1.60. The molecule has 1 heterocycles. The summed E-state index contributed by atoms with van der Waals surface area (Å²) in [5.74, 6) is -1.42. The Bertz CT molecular complexity index is 657. The summed E-state index contributed by atoms with van der Waals surface area (Å²) in [5, 5.41) is 4.25. The average Bonchev–Trinajstić information content (AvgIpc) is 2.77. The van der Waals surface area contributed by atoms with Crippen molar-refractivity contribution >= 4 is 44.1 Å². The molecule has 1 aromatic carbocycles. The second-order valence-corrected chi connectivity index (χ2v) is 5.45. The molecule has 0 atom stereocenters. The van der Waals surface area contributed by atoms with E-state index in [1.54, 1.807) is 6.07 Å². The van der Waals surface area contributed by atoms with Gasteiger partial charge in [-0.05, 0) is 18.2 Å². The molecule has 0 aliphatic heterocycles. The van der Waals surface area contributed by atoms with Gasteiger partial charge in [-0.15, -0.1) is 11.3 Å². The summed E-state index contributed by atoms with van der Waals surface area (Å²) in [6.45, 7) is 1.38. The molecule has 0 bridgehead atoms. The molecule has 0 unspecified atom stereocenters. The molecular weight excluding hydrogens is 335 g/mol. The number of halogens is 2. The Morgan fingerprint density at radius 1 is 1.42 bits per heavy atom. The third-order valence-corrected chi connectivity index (χ3v) is 3.51. The number of hydrogen-bond donors (Lipinski definition) is 1. The van der Waals surface area contributed by atoms with Crippen LogP contribution in [0.5, 0.6) is 0 Å². The number of benzene rings is 1. The number of rotatable bonds is 3. The number of ketones is 1. The molecule has 0 spiro atoms. The molecule has 0 aliphatic carbocycles. The summed E-state index contributed by atoms with van der Waals surface area (Å²) in [6.07, 6.45) is 0.